The molecule has 4 rings (SSSR count). The van der Waals surface area contributed by atoms with Crippen LogP contribution in [0.3, 0.4) is 0 Å². The van der Waals surface area contributed by atoms with Gasteiger partial charge in [0.25, 0.3) is 0 Å². The van der Waals surface area contributed by atoms with Crippen molar-refractivity contribution < 1.29 is 4.39 Å². The highest BCUT2D eigenvalue weighted by molar-refractivity contribution is 5.44. The Labute approximate surface area is 157 Å². The minimum Gasteiger partial charge on any atom is -0.361 e. The Bertz CT molecular complexity index is 1060. The minimum atomic E-state index is -0.280. The maximum atomic E-state index is 14.0. The lowest BCUT2D eigenvalue weighted by atomic mass is 10.2. The molecule has 1 aliphatic rings. The predicted octanol–water partition coefficient (Wildman–Crippen LogP) is 3.92. The van der Waals surface area contributed by atoms with Gasteiger partial charge in [-0.2, -0.15) is 5.10 Å². The molecule has 7 heteroatoms. The zero-order valence-electron chi connectivity index (χ0n) is 16.2. The molecule has 27 heavy (non-hydrogen) atoms. The van der Waals surface area contributed by atoms with Gasteiger partial charge in [-0.05, 0) is 52.7 Å². The second-order valence-electron chi connectivity index (χ2n) is 7.37. The molecule has 3 aromatic rings. The standard InChI is InChI=1S/C20H23FN6/c1-10-6-11(2)24-18(13(4)23-9-17(10)21)15-7-16(15)19-25-20-14(5)22-8-12(3)27(20)26-19/h6,8-9,15-16,23H,7H2,1-5H3. The number of rotatable bonds is 2. The van der Waals surface area contributed by atoms with Crippen LogP contribution in [-0.2, 0) is 0 Å². The lowest BCUT2D eigenvalue weighted by Crippen LogP contribution is -1.98. The van der Waals surface area contributed by atoms with E-state index < -0.39 is 0 Å². The van der Waals surface area contributed by atoms with Crippen molar-refractivity contribution in [2.45, 2.75) is 52.9 Å². The zero-order valence-corrected chi connectivity index (χ0v) is 16.2. The van der Waals surface area contributed by atoms with Gasteiger partial charge in [0.05, 0.1) is 17.1 Å². The number of hydrogen-bond acceptors (Lipinski definition) is 4. The molecule has 0 radical (unpaired) electrons. The Morgan fingerprint density at radius 2 is 1.89 bits per heavy atom. The van der Waals surface area contributed by atoms with Gasteiger partial charge < -0.3 is 4.98 Å². The van der Waals surface area contributed by atoms with Crippen molar-refractivity contribution in [3.8, 4) is 0 Å². The van der Waals surface area contributed by atoms with E-state index in [0.29, 0.717) is 5.56 Å². The van der Waals surface area contributed by atoms with Crippen LogP contribution in [0.4, 0.5) is 4.39 Å². The SMILES string of the molecule is Cc1cc(C)c(F)c[nH]c(C)c(C2CC2c2nc3c(C)ncc(C)n3n2)n1. The van der Waals surface area contributed by atoms with E-state index in [1.54, 1.807) is 13.0 Å². The molecule has 2 unspecified atom stereocenters. The summed E-state index contributed by atoms with van der Waals surface area (Å²) in [5.74, 6) is 0.979. The first-order valence-corrected chi connectivity index (χ1v) is 9.11. The lowest BCUT2D eigenvalue weighted by molar-refractivity contribution is 0.614. The number of nitrogens with zero attached hydrogens (tertiary/aromatic N) is 5. The summed E-state index contributed by atoms with van der Waals surface area (Å²) in [6, 6.07) is 1.77. The molecule has 6 nitrogen and oxygen atoms in total. The summed E-state index contributed by atoms with van der Waals surface area (Å²) < 4.78 is 15.9. The maximum Gasteiger partial charge on any atom is 0.177 e. The van der Waals surface area contributed by atoms with Gasteiger partial charge >= 0.3 is 0 Å². The third-order valence-corrected chi connectivity index (χ3v) is 5.10. The van der Waals surface area contributed by atoms with E-state index >= 15 is 0 Å². The molecule has 3 heterocycles. The van der Waals surface area contributed by atoms with Crippen LogP contribution in [0.25, 0.3) is 5.65 Å². The summed E-state index contributed by atoms with van der Waals surface area (Å²) in [4.78, 5) is 16.9. The highest BCUT2D eigenvalue weighted by Crippen LogP contribution is 2.53. The first-order valence-electron chi connectivity index (χ1n) is 9.11. The Hall–Kier alpha value is -2.83. The number of aromatic amines is 1. The Morgan fingerprint density at radius 1 is 1.11 bits per heavy atom. The van der Waals surface area contributed by atoms with Crippen molar-refractivity contribution in [1.82, 2.24) is 29.5 Å². The third-order valence-electron chi connectivity index (χ3n) is 5.10. The van der Waals surface area contributed by atoms with Gasteiger partial charge in [-0.25, -0.2) is 13.9 Å². The average Bonchev–Trinajstić information content (AvgIpc) is 3.28. The fraction of sp³-hybridized carbons (Fsp3) is 0.400. The normalized spacial score (nSPS) is 18.6. The summed E-state index contributed by atoms with van der Waals surface area (Å²) in [5.41, 5.74) is 5.78. The van der Waals surface area contributed by atoms with Gasteiger partial charge in [0.1, 0.15) is 5.82 Å². The van der Waals surface area contributed by atoms with Crippen molar-refractivity contribution in [3.05, 3.63) is 64.1 Å². The van der Waals surface area contributed by atoms with Gasteiger partial charge in [0.15, 0.2) is 11.5 Å². The Kier molecular flexibility index (Phi) is 4.17. The van der Waals surface area contributed by atoms with Crippen molar-refractivity contribution in [1.29, 1.82) is 0 Å². The van der Waals surface area contributed by atoms with Crippen LogP contribution in [0.5, 0.6) is 0 Å². The van der Waals surface area contributed by atoms with E-state index in [1.165, 1.54) is 6.20 Å². The van der Waals surface area contributed by atoms with Crippen LogP contribution in [0.15, 0.2) is 18.5 Å². The topological polar surface area (TPSA) is 71.8 Å². The maximum absolute atomic E-state index is 14.0. The third kappa shape index (κ3) is 3.18. The molecule has 0 saturated heterocycles. The number of H-pyrrole nitrogens is 1. The van der Waals surface area contributed by atoms with Gasteiger partial charge in [0.2, 0.25) is 0 Å². The fourth-order valence-electron chi connectivity index (χ4n) is 3.46. The number of fused-ring (bicyclic) bond motifs is 1. The molecule has 0 bridgehead atoms. The first-order chi connectivity index (χ1) is 12.8. The van der Waals surface area contributed by atoms with Gasteiger partial charge in [0, 0.05) is 35.6 Å². The van der Waals surface area contributed by atoms with Crippen molar-refractivity contribution in [2.75, 3.05) is 0 Å². The Morgan fingerprint density at radius 3 is 2.63 bits per heavy atom. The molecule has 1 aliphatic carbocycles. The molecule has 1 saturated carbocycles. The van der Waals surface area contributed by atoms with E-state index in [1.807, 2.05) is 38.4 Å². The van der Waals surface area contributed by atoms with Crippen LogP contribution in [0.2, 0.25) is 0 Å². The summed E-state index contributed by atoms with van der Waals surface area (Å²) in [7, 11) is 0. The molecule has 0 aromatic carbocycles. The molecular weight excluding hydrogens is 343 g/mol. The molecule has 0 aliphatic heterocycles. The smallest absolute Gasteiger partial charge is 0.177 e. The number of halogens is 1. The first kappa shape index (κ1) is 17.6. The van der Waals surface area contributed by atoms with Crippen molar-refractivity contribution in [2.24, 2.45) is 0 Å². The number of nitrogens with one attached hydrogen (secondary N) is 1. The quantitative estimate of drug-likeness (QED) is 0.746. The largest absolute Gasteiger partial charge is 0.361 e. The molecule has 1 N–H and O–H groups in total. The molecule has 1 fully saturated rings. The summed E-state index contributed by atoms with van der Waals surface area (Å²) >= 11 is 0. The van der Waals surface area contributed by atoms with Crippen molar-refractivity contribution >= 4 is 5.65 Å². The van der Waals surface area contributed by atoms with Crippen LogP contribution >= 0.6 is 0 Å². The second-order valence-corrected chi connectivity index (χ2v) is 7.37. The minimum absolute atomic E-state index is 0.214. The van der Waals surface area contributed by atoms with E-state index in [2.05, 4.69) is 9.97 Å². The number of aromatic nitrogens is 6. The van der Waals surface area contributed by atoms with Crippen LogP contribution in [-0.4, -0.2) is 29.5 Å². The molecule has 0 amide bonds. The fourth-order valence-corrected chi connectivity index (χ4v) is 3.46. The van der Waals surface area contributed by atoms with Crippen LogP contribution < -0.4 is 0 Å². The predicted molar refractivity (Wildman–Crippen MR) is 101 cm³/mol. The van der Waals surface area contributed by atoms with Crippen LogP contribution in [0.1, 0.15) is 58.1 Å². The number of aryl methyl sites for hydroxylation is 5. The molecule has 2 atom stereocenters. The molecule has 140 valence electrons. The average molecular weight is 366 g/mol. The van der Waals surface area contributed by atoms with E-state index in [-0.39, 0.29) is 17.7 Å². The van der Waals surface area contributed by atoms with Crippen LogP contribution in [0, 0.1) is 40.4 Å². The zero-order chi connectivity index (χ0) is 19.3. The molecule has 0 spiro atoms. The van der Waals surface area contributed by atoms with E-state index in [4.69, 9.17) is 15.1 Å². The summed E-state index contributed by atoms with van der Waals surface area (Å²) in [6.45, 7) is 9.48. The summed E-state index contributed by atoms with van der Waals surface area (Å²) in [5, 5.41) is 4.70. The summed E-state index contributed by atoms with van der Waals surface area (Å²) in [6.07, 6.45) is 4.14. The number of hydrogen-bond donors (Lipinski definition) is 1. The Balaban J connectivity index is 1.76. The van der Waals surface area contributed by atoms with Gasteiger partial charge in [-0.1, -0.05) is 0 Å². The van der Waals surface area contributed by atoms with Crippen molar-refractivity contribution in [3.63, 3.8) is 0 Å². The van der Waals surface area contributed by atoms with E-state index in [9.17, 15) is 4.39 Å². The van der Waals surface area contributed by atoms with Gasteiger partial charge in [-0.15, -0.1) is 0 Å². The highest BCUT2D eigenvalue weighted by atomic mass is 19.1. The molecule has 3 aromatic heterocycles. The highest BCUT2D eigenvalue weighted by Gasteiger charge is 2.44. The second kappa shape index (κ2) is 6.40. The lowest BCUT2D eigenvalue weighted by Gasteiger charge is -2.01. The monoisotopic (exact) mass is 366 g/mol. The van der Waals surface area contributed by atoms with Gasteiger partial charge in [-0.3, -0.25) is 9.97 Å². The van der Waals surface area contributed by atoms with E-state index in [0.717, 1.165) is 46.4 Å². The molecular formula is C20H23FN6.